The van der Waals surface area contributed by atoms with Crippen molar-refractivity contribution in [2.24, 2.45) is 5.92 Å². The summed E-state index contributed by atoms with van der Waals surface area (Å²) in [6, 6.07) is -0.457. The highest BCUT2D eigenvalue weighted by molar-refractivity contribution is 7.99. The predicted molar refractivity (Wildman–Crippen MR) is 76.1 cm³/mol. The molecule has 3 unspecified atom stereocenters. The van der Waals surface area contributed by atoms with Crippen molar-refractivity contribution in [3.8, 4) is 0 Å². The van der Waals surface area contributed by atoms with Crippen molar-refractivity contribution in [2.75, 3.05) is 24.7 Å². The first-order valence-corrected chi connectivity index (χ1v) is 8.61. The molecule has 20 heavy (non-hydrogen) atoms. The minimum atomic E-state index is -4.10. The highest BCUT2D eigenvalue weighted by atomic mass is 32.2. The fourth-order valence-corrected chi connectivity index (χ4v) is 4.64. The molecule has 3 atom stereocenters. The second kappa shape index (κ2) is 6.88. The SMILES string of the molecule is CCCNC(CC(F)(F)F)C1CCOC2(CCSC2)C1. The van der Waals surface area contributed by atoms with E-state index in [0.717, 1.165) is 37.2 Å². The molecule has 0 radical (unpaired) electrons. The van der Waals surface area contributed by atoms with E-state index in [4.69, 9.17) is 4.74 Å². The molecule has 6 heteroatoms. The fraction of sp³-hybridized carbons (Fsp3) is 1.00. The third-order valence-corrected chi connectivity index (χ3v) is 5.50. The Labute approximate surface area is 123 Å². The van der Waals surface area contributed by atoms with Gasteiger partial charge in [0.25, 0.3) is 0 Å². The van der Waals surface area contributed by atoms with Gasteiger partial charge in [0.05, 0.1) is 12.0 Å². The zero-order chi connectivity index (χ0) is 14.6. The van der Waals surface area contributed by atoms with Gasteiger partial charge in [-0.2, -0.15) is 24.9 Å². The van der Waals surface area contributed by atoms with Crippen LogP contribution in [0, 0.1) is 5.92 Å². The summed E-state index contributed by atoms with van der Waals surface area (Å²) >= 11 is 1.86. The molecule has 0 amide bonds. The van der Waals surface area contributed by atoms with Gasteiger partial charge in [0.2, 0.25) is 0 Å². The molecule has 2 aliphatic heterocycles. The van der Waals surface area contributed by atoms with Gasteiger partial charge in [-0.05, 0) is 43.9 Å². The van der Waals surface area contributed by atoms with Crippen LogP contribution in [0.5, 0.6) is 0 Å². The van der Waals surface area contributed by atoms with Crippen LogP contribution in [-0.2, 0) is 4.74 Å². The maximum Gasteiger partial charge on any atom is 0.390 e. The smallest absolute Gasteiger partial charge is 0.374 e. The number of hydrogen-bond acceptors (Lipinski definition) is 3. The molecule has 0 saturated carbocycles. The van der Waals surface area contributed by atoms with Crippen LogP contribution >= 0.6 is 11.8 Å². The van der Waals surface area contributed by atoms with Crippen LogP contribution in [0.4, 0.5) is 13.2 Å². The van der Waals surface area contributed by atoms with Crippen LogP contribution in [0.15, 0.2) is 0 Å². The Kier molecular flexibility index (Phi) is 5.65. The molecule has 118 valence electrons. The third-order valence-electron chi connectivity index (χ3n) is 4.28. The Balaban J connectivity index is 1.99. The Morgan fingerprint density at radius 3 is 2.85 bits per heavy atom. The van der Waals surface area contributed by atoms with Crippen molar-refractivity contribution >= 4 is 11.8 Å². The van der Waals surface area contributed by atoms with Crippen LogP contribution in [0.25, 0.3) is 0 Å². The van der Waals surface area contributed by atoms with Gasteiger partial charge in [-0.15, -0.1) is 0 Å². The number of alkyl halides is 3. The minimum absolute atomic E-state index is 0.0793. The first-order valence-electron chi connectivity index (χ1n) is 7.46. The second-order valence-electron chi connectivity index (χ2n) is 5.97. The van der Waals surface area contributed by atoms with Gasteiger partial charge in [-0.1, -0.05) is 6.92 Å². The van der Waals surface area contributed by atoms with Crippen LogP contribution in [0.1, 0.15) is 39.0 Å². The van der Waals surface area contributed by atoms with E-state index in [0.29, 0.717) is 13.2 Å². The van der Waals surface area contributed by atoms with Crippen molar-refractivity contribution in [1.82, 2.24) is 5.32 Å². The topological polar surface area (TPSA) is 21.3 Å². The van der Waals surface area contributed by atoms with Crippen LogP contribution in [-0.4, -0.2) is 42.5 Å². The predicted octanol–water partition coefficient (Wildman–Crippen LogP) is 3.61. The molecular formula is C14H24F3NOS. The maximum atomic E-state index is 12.8. The summed E-state index contributed by atoms with van der Waals surface area (Å²) in [4.78, 5) is 0. The Bertz CT molecular complexity index is 305. The van der Waals surface area contributed by atoms with Crippen LogP contribution < -0.4 is 5.32 Å². The number of halogens is 3. The first-order chi connectivity index (χ1) is 9.44. The van der Waals surface area contributed by atoms with Gasteiger partial charge in [0.1, 0.15) is 0 Å². The molecule has 0 aromatic heterocycles. The minimum Gasteiger partial charge on any atom is -0.374 e. The molecule has 2 saturated heterocycles. The van der Waals surface area contributed by atoms with Gasteiger partial charge in [-0.25, -0.2) is 0 Å². The second-order valence-corrected chi connectivity index (χ2v) is 7.07. The van der Waals surface area contributed by atoms with Crippen molar-refractivity contribution < 1.29 is 17.9 Å². The highest BCUT2D eigenvalue weighted by Gasteiger charge is 2.44. The maximum absolute atomic E-state index is 12.8. The van der Waals surface area contributed by atoms with Crippen molar-refractivity contribution in [3.05, 3.63) is 0 Å². The molecule has 0 bridgehead atoms. The van der Waals surface area contributed by atoms with E-state index in [1.54, 1.807) is 0 Å². The molecular weight excluding hydrogens is 287 g/mol. The first kappa shape index (κ1) is 16.4. The number of rotatable bonds is 5. The summed E-state index contributed by atoms with van der Waals surface area (Å²) in [5, 5.41) is 3.12. The lowest BCUT2D eigenvalue weighted by molar-refractivity contribution is -0.150. The molecule has 1 spiro atoms. The normalized spacial score (nSPS) is 32.7. The molecule has 0 aromatic rings. The van der Waals surface area contributed by atoms with E-state index >= 15 is 0 Å². The van der Waals surface area contributed by atoms with Crippen LogP contribution in [0.3, 0.4) is 0 Å². The average Bonchev–Trinajstić information content (AvgIpc) is 2.81. The lowest BCUT2D eigenvalue weighted by Gasteiger charge is -2.41. The lowest BCUT2D eigenvalue weighted by atomic mass is 9.80. The molecule has 1 N–H and O–H groups in total. The number of ether oxygens (including phenoxy) is 1. The van der Waals surface area contributed by atoms with E-state index in [9.17, 15) is 13.2 Å². The van der Waals surface area contributed by atoms with Gasteiger partial charge in [0.15, 0.2) is 0 Å². The van der Waals surface area contributed by atoms with Gasteiger partial charge in [0, 0.05) is 18.4 Å². The van der Waals surface area contributed by atoms with E-state index in [1.807, 2.05) is 18.7 Å². The molecule has 0 aliphatic carbocycles. The van der Waals surface area contributed by atoms with E-state index in [1.165, 1.54) is 0 Å². The number of thioether (sulfide) groups is 1. The summed E-state index contributed by atoms with van der Waals surface area (Å²) in [6.45, 7) is 3.24. The summed E-state index contributed by atoms with van der Waals surface area (Å²) in [5.41, 5.74) is -0.147. The standard InChI is InChI=1S/C14H24F3NOS/c1-2-5-18-12(9-14(15,16)17)11-3-6-19-13(8-11)4-7-20-10-13/h11-12,18H,2-10H2,1H3. The van der Waals surface area contributed by atoms with Crippen molar-refractivity contribution in [3.63, 3.8) is 0 Å². The molecule has 2 aliphatic rings. The molecule has 2 rings (SSSR count). The highest BCUT2D eigenvalue weighted by Crippen LogP contribution is 2.42. The van der Waals surface area contributed by atoms with Gasteiger partial charge in [-0.3, -0.25) is 0 Å². The monoisotopic (exact) mass is 311 g/mol. The van der Waals surface area contributed by atoms with E-state index in [2.05, 4.69) is 5.32 Å². The molecule has 2 nitrogen and oxygen atoms in total. The van der Waals surface area contributed by atoms with Gasteiger partial charge >= 0.3 is 6.18 Å². The van der Waals surface area contributed by atoms with Gasteiger partial charge < -0.3 is 10.1 Å². The molecule has 0 aromatic carbocycles. The summed E-state index contributed by atoms with van der Waals surface area (Å²) in [7, 11) is 0. The largest absolute Gasteiger partial charge is 0.390 e. The Morgan fingerprint density at radius 1 is 1.45 bits per heavy atom. The molecule has 2 heterocycles. The van der Waals surface area contributed by atoms with Crippen LogP contribution in [0.2, 0.25) is 0 Å². The van der Waals surface area contributed by atoms with Crippen molar-refractivity contribution in [1.29, 1.82) is 0 Å². The fourth-order valence-electron chi connectivity index (χ4n) is 3.26. The number of nitrogens with one attached hydrogen (secondary N) is 1. The Hall–Kier alpha value is 0.0600. The quantitative estimate of drug-likeness (QED) is 0.838. The summed E-state index contributed by atoms with van der Waals surface area (Å²) in [5.74, 6) is 2.09. The number of hydrogen-bond donors (Lipinski definition) is 1. The Morgan fingerprint density at radius 2 is 2.25 bits per heavy atom. The van der Waals surface area contributed by atoms with E-state index in [-0.39, 0.29) is 11.5 Å². The summed E-state index contributed by atoms with van der Waals surface area (Å²) < 4.78 is 44.3. The van der Waals surface area contributed by atoms with Crippen molar-refractivity contribution in [2.45, 2.75) is 56.8 Å². The average molecular weight is 311 g/mol. The molecule has 2 fully saturated rings. The van der Waals surface area contributed by atoms with E-state index < -0.39 is 18.6 Å². The zero-order valence-electron chi connectivity index (χ0n) is 12.0. The summed E-state index contributed by atoms with van der Waals surface area (Å²) in [6.07, 6.45) is -1.46. The third kappa shape index (κ3) is 4.53. The lowest BCUT2D eigenvalue weighted by Crippen LogP contribution is -2.48. The zero-order valence-corrected chi connectivity index (χ0v) is 12.8.